The van der Waals surface area contributed by atoms with Gasteiger partial charge in [-0.05, 0) is 12.8 Å². The number of nitrogens with two attached hydrogens (primary N) is 1. The number of piperidine rings is 1. The molecule has 1 fully saturated rings. The lowest BCUT2D eigenvalue weighted by molar-refractivity contribution is -0.125. The number of amides is 1. The molecule has 1 aromatic heterocycles. The van der Waals surface area contributed by atoms with Crippen molar-refractivity contribution in [2.45, 2.75) is 25.7 Å². The summed E-state index contributed by atoms with van der Waals surface area (Å²) in [4.78, 5) is 15.7. The zero-order valence-electron chi connectivity index (χ0n) is 9.11. The third-order valence-electron chi connectivity index (χ3n) is 2.55. The number of carbonyl (C=O) groups is 1. The first-order valence-electron chi connectivity index (χ1n) is 5.48. The maximum absolute atomic E-state index is 11.7. The first-order valence-corrected chi connectivity index (χ1v) is 6.36. The van der Waals surface area contributed by atoms with Gasteiger partial charge in [0, 0.05) is 18.5 Å². The van der Waals surface area contributed by atoms with Gasteiger partial charge in [-0.1, -0.05) is 6.42 Å². The van der Waals surface area contributed by atoms with Crippen LogP contribution in [-0.2, 0) is 11.2 Å². The molecule has 0 aliphatic carbocycles. The third-order valence-corrected chi connectivity index (χ3v) is 3.27. The van der Waals surface area contributed by atoms with E-state index in [9.17, 15) is 4.79 Å². The molecule has 6 heteroatoms. The lowest BCUT2D eigenvalue weighted by Gasteiger charge is -2.26. The first kappa shape index (κ1) is 11.3. The second-order valence-corrected chi connectivity index (χ2v) is 4.83. The van der Waals surface area contributed by atoms with Crippen LogP contribution in [0.5, 0.6) is 0 Å². The van der Waals surface area contributed by atoms with Crippen LogP contribution in [0.3, 0.4) is 0 Å². The largest absolute Gasteiger partial charge is 0.375 e. The number of rotatable bonds is 3. The molecule has 0 spiro atoms. The summed E-state index contributed by atoms with van der Waals surface area (Å²) >= 11 is 1.37. The van der Waals surface area contributed by atoms with Gasteiger partial charge in [-0.25, -0.2) is 9.99 Å². The number of hydrogen-bond acceptors (Lipinski definition) is 5. The van der Waals surface area contributed by atoms with Gasteiger partial charge >= 0.3 is 0 Å². The normalized spacial score (nSPS) is 17.2. The van der Waals surface area contributed by atoms with Gasteiger partial charge in [-0.2, -0.15) is 0 Å². The zero-order valence-corrected chi connectivity index (χ0v) is 9.92. The molecule has 3 N–H and O–H groups in total. The van der Waals surface area contributed by atoms with E-state index in [1.807, 2.05) is 10.4 Å². The molecule has 88 valence electrons. The van der Waals surface area contributed by atoms with E-state index in [1.165, 1.54) is 17.8 Å². The highest BCUT2D eigenvalue weighted by atomic mass is 32.1. The summed E-state index contributed by atoms with van der Waals surface area (Å²) < 4.78 is 0. The van der Waals surface area contributed by atoms with Gasteiger partial charge in [-0.15, -0.1) is 11.3 Å². The molecule has 0 radical (unpaired) electrons. The molecule has 2 heterocycles. The molecule has 0 unspecified atom stereocenters. The molecule has 1 aromatic rings. The predicted molar refractivity (Wildman–Crippen MR) is 63.8 cm³/mol. The van der Waals surface area contributed by atoms with Crippen molar-refractivity contribution in [1.29, 1.82) is 0 Å². The minimum atomic E-state index is -0.00722. The highest BCUT2D eigenvalue weighted by molar-refractivity contribution is 7.13. The lowest BCUT2D eigenvalue weighted by atomic mass is 10.2. The van der Waals surface area contributed by atoms with Crippen LogP contribution in [0.1, 0.15) is 25.0 Å². The standard InChI is InChI=1S/C10H16N4OS/c11-10-12-8(7-16-10)6-9(15)13-14-4-2-1-3-5-14/h7H,1-6H2,(H2,11,12)(H,13,15). The van der Waals surface area contributed by atoms with Gasteiger partial charge in [-0.3, -0.25) is 10.2 Å². The molecule has 5 nitrogen and oxygen atoms in total. The minimum Gasteiger partial charge on any atom is -0.375 e. The topological polar surface area (TPSA) is 71.2 Å². The fraction of sp³-hybridized carbons (Fsp3) is 0.600. The van der Waals surface area contributed by atoms with Gasteiger partial charge < -0.3 is 5.73 Å². The maximum Gasteiger partial charge on any atom is 0.240 e. The number of nitrogens with zero attached hydrogens (tertiary/aromatic N) is 2. The van der Waals surface area contributed by atoms with E-state index < -0.39 is 0 Å². The van der Waals surface area contributed by atoms with E-state index in [4.69, 9.17) is 5.73 Å². The highest BCUT2D eigenvalue weighted by Gasteiger charge is 2.13. The van der Waals surface area contributed by atoms with Crippen molar-refractivity contribution in [2.24, 2.45) is 0 Å². The van der Waals surface area contributed by atoms with Crippen LogP contribution in [-0.4, -0.2) is 29.0 Å². The zero-order chi connectivity index (χ0) is 11.4. The molecule has 1 aliphatic rings. The van der Waals surface area contributed by atoms with Crippen molar-refractivity contribution < 1.29 is 4.79 Å². The summed E-state index contributed by atoms with van der Waals surface area (Å²) in [5, 5.41) is 4.33. The van der Waals surface area contributed by atoms with E-state index >= 15 is 0 Å². The van der Waals surface area contributed by atoms with Gasteiger partial charge in [0.15, 0.2) is 5.13 Å². The number of nitrogens with one attached hydrogen (secondary N) is 1. The predicted octanol–water partition coefficient (Wildman–Crippen LogP) is 0.785. The summed E-state index contributed by atoms with van der Waals surface area (Å²) in [7, 11) is 0. The van der Waals surface area contributed by atoms with Gasteiger partial charge in [0.25, 0.3) is 0 Å². The summed E-state index contributed by atoms with van der Waals surface area (Å²) in [5.74, 6) is -0.00722. The van der Waals surface area contributed by atoms with Gasteiger partial charge in [0.1, 0.15) is 0 Å². The maximum atomic E-state index is 11.7. The first-order chi connectivity index (χ1) is 7.74. The average molecular weight is 240 g/mol. The molecule has 1 aliphatic heterocycles. The molecule has 0 atom stereocenters. The van der Waals surface area contributed by atoms with Crippen molar-refractivity contribution in [1.82, 2.24) is 15.4 Å². The van der Waals surface area contributed by atoms with Gasteiger partial charge in [0.2, 0.25) is 5.91 Å². The third kappa shape index (κ3) is 3.18. The number of nitrogen functional groups attached to an aromatic ring is 1. The Balaban J connectivity index is 1.79. The Labute approximate surface area is 98.6 Å². The molecule has 1 amide bonds. The Kier molecular flexibility index (Phi) is 3.74. The number of carbonyl (C=O) groups excluding carboxylic acids is 1. The summed E-state index contributed by atoms with van der Waals surface area (Å²) in [5.41, 5.74) is 9.15. The van der Waals surface area contributed by atoms with Crippen molar-refractivity contribution in [2.75, 3.05) is 18.8 Å². The van der Waals surface area contributed by atoms with E-state index in [-0.39, 0.29) is 5.91 Å². The van der Waals surface area contributed by atoms with Crippen molar-refractivity contribution >= 4 is 22.4 Å². The van der Waals surface area contributed by atoms with Crippen LogP contribution in [0.15, 0.2) is 5.38 Å². The second kappa shape index (κ2) is 5.27. The van der Waals surface area contributed by atoms with E-state index in [2.05, 4.69) is 10.4 Å². The quantitative estimate of drug-likeness (QED) is 0.819. The molecule has 0 bridgehead atoms. The van der Waals surface area contributed by atoms with Crippen molar-refractivity contribution in [3.05, 3.63) is 11.1 Å². The number of hydrazine groups is 1. The van der Waals surface area contributed by atoms with Crippen molar-refractivity contribution in [3.8, 4) is 0 Å². The summed E-state index contributed by atoms with van der Waals surface area (Å²) in [6, 6.07) is 0. The smallest absolute Gasteiger partial charge is 0.240 e. The fourth-order valence-corrected chi connectivity index (χ4v) is 2.35. The number of anilines is 1. The molecule has 0 aromatic carbocycles. The Bertz CT molecular complexity index is 359. The molecule has 16 heavy (non-hydrogen) atoms. The van der Waals surface area contributed by atoms with Crippen LogP contribution in [0.25, 0.3) is 0 Å². The molecular formula is C10H16N4OS. The number of aromatic nitrogens is 1. The van der Waals surface area contributed by atoms with E-state index in [0.717, 1.165) is 31.6 Å². The van der Waals surface area contributed by atoms with Crippen LogP contribution in [0.4, 0.5) is 5.13 Å². The number of thiazole rings is 1. The fourth-order valence-electron chi connectivity index (χ4n) is 1.79. The second-order valence-electron chi connectivity index (χ2n) is 3.94. The average Bonchev–Trinajstić information content (AvgIpc) is 2.65. The monoisotopic (exact) mass is 240 g/mol. The molecular weight excluding hydrogens is 224 g/mol. The minimum absolute atomic E-state index is 0.00722. The summed E-state index contributed by atoms with van der Waals surface area (Å²) in [6.07, 6.45) is 3.88. The molecule has 2 rings (SSSR count). The van der Waals surface area contributed by atoms with Crippen LogP contribution in [0.2, 0.25) is 0 Å². The van der Waals surface area contributed by atoms with Crippen molar-refractivity contribution in [3.63, 3.8) is 0 Å². The molecule has 0 saturated carbocycles. The van der Waals surface area contributed by atoms with Gasteiger partial charge in [0.05, 0.1) is 12.1 Å². The Morgan fingerprint density at radius 1 is 1.50 bits per heavy atom. The Morgan fingerprint density at radius 3 is 2.88 bits per heavy atom. The Morgan fingerprint density at radius 2 is 2.25 bits per heavy atom. The van der Waals surface area contributed by atoms with Crippen LogP contribution >= 0.6 is 11.3 Å². The Hall–Kier alpha value is -1.14. The lowest BCUT2D eigenvalue weighted by Crippen LogP contribution is -2.45. The molecule has 1 saturated heterocycles. The SMILES string of the molecule is Nc1nc(CC(=O)NN2CCCCC2)cs1. The van der Waals surface area contributed by atoms with E-state index in [0.29, 0.717) is 11.6 Å². The summed E-state index contributed by atoms with van der Waals surface area (Å²) in [6.45, 7) is 1.90. The highest BCUT2D eigenvalue weighted by Crippen LogP contribution is 2.11. The van der Waals surface area contributed by atoms with E-state index in [1.54, 1.807) is 0 Å². The van der Waals surface area contributed by atoms with Crippen LogP contribution in [0, 0.1) is 0 Å². The number of hydrogen-bond donors (Lipinski definition) is 2. The van der Waals surface area contributed by atoms with Crippen LogP contribution < -0.4 is 11.2 Å².